The van der Waals surface area contributed by atoms with E-state index in [2.05, 4.69) is 10.3 Å². The Balaban J connectivity index is 2.69. The number of aromatic nitrogens is 1. The molecule has 1 aromatic rings. The van der Waals surface area contributed by atoms with Gasteiger partial charge in [-0.3, -0.25) is 4.90 Å². The molecule has 6 nitrogen and oxygen atoms in total. The predicted molar refractivity (Wildman–Crippen MR) is 67.4 cm³/mol. The summed E-state index contributed by atoms with van der Waals surface area (Å²) in [4.78, 5) is 15.9. The lowest BCUT2D eigenvalue weighted by molar-refractivity contribution is 0.171. The molecule has 1 heterocycles. The molecule has 0 saturated carbocycles. The first kappa shape index (κ1) is 13.2. The van der Waals surface area contributed by atoms with Crippen LogP contribution in [-0.4, -0.2) is 39.9 Å². The van der Waals surface area contributed by atoms with E-state index in [1.807, 2.05) is 0 Å². The van der Waals surface area contributed by atoms with E-state index in [1.54, 1.807) is 19.1 Å². The van der Waals surface area contributed by atoms with Gasteiger partial charge in [-0.2, -0.15) is 0 Å². The van der Waals surface area contributed by atoms with Crippen molar-refractivity contribution in [3.05, 3.63) is 18.3 Å². The molecule has 7 heteroatoms. The van der Waals surface area contributed by atoms with Crippen LogP contribution < -0.4 is 10.1 Å². The minimum Gasteiger partial charge on any atom is -0.495 e. The van der Waals surface area contributed by atoms with Crippen LogP contribution in [0.5, 0.6) is 5.75 Å². The molecule has 1 rings (SSSR count). The first-order valence-corrected chi connectivity index (χ1v) is 5.30. The third kappa shape index (κ3) is 3.56. The number of nitrogens with one attached hydrogen (secondary N) is 1. The van der Waals surface area contributed by atoms with Gasteiger partial charge in [0.15, 0.2) is 5.11 Å². The van der Waals surface area contributed by atoms with Crippen molar-refractivity contribution in [2.24, 2.45) is 0 Å². The van der Waals surface area contributed by atoms with Crippen molar-refractivity contribution in [1.29, 1.82) is 0 Å². The van der Waals surface area contributed by atoms with Gasteiger partial charge in [0.25, 0.3) is 0 Å². The molecule has 0 saturated heterocycles. The van der Waals surface area contributed by atoms with E-state index in [0.29, 0.717) is 11.6 Å². The molecule has 0 radical (unpaired) electrons. The summed E-state index contributed by atoms with van der Waals surface area (Å²) in [5.74, 6) is 1.09. The molecule has 2 N–H and O–H groups in total. The van der Waals surface area contributed by atoms with Crippen molar-refractivity contribution in [1.82, 2.24) is 9.88 Å². The number of hydrogen-bond acceptors (Lipinski definition) is 4. The second-order valence-corrected chi connectivity index (χ2v) is 3.43. The molecule has 0 aliphatic rings. The number of amides is 1. The van der Waals surface area contributed by atoms with E-state index < -0.39 is 6.09 Å². The van der Waals surface area contributed by atoms with Crippen LogP contribution >= 0.6 is 12.2 Å². The molecule has 1 amide bonds. The van der Waals surface area contributed by atoms with E-state index >= 15 is 0 Å². The fourth-order valence-corrected chi connectivity index (χ4v) is 1.43. The number of carbonyl (C=O) groups is 1. The fraction of sp³-hybridized carbons (Fsp3) is 0.300. The SMILES string of the molecule is CCN(C(=O)O)C(=S)Nc1ccc(OC)cn1. The van der Waals surface area contributed by atoms with Crippen LogP contribution in [0.1, 0.15) is 6.92 Å². The van der Waals surface area contributed by atoms with E-state index in [1.165, 1.54) is 13.3 Å². The molecule has 0 bridgehead atoms. The number of rotatable bonds is 3. The van der Waals surface area contributed by atoms with Gasteiger partial charge in [-0.15, -0.1) is 0 Å². The predicted octanol–water partition coefficient (Wildman–Crippen LogP) is 1.79. The van der Waals surface area contributed by atoms with Gasteiger partial charge in [-0.05, 0) is 31.3 Å². The van der Waals surface area contributed by atoms with Crippen molar-refractivity contribution in [3.8, 4) is 5.75 Å². The highest BCUT2D eigenvalue weighted by molar-refractivity contribution is 7.80. The van der Waals surface area contributed by atoms with Gasteiger partial charge in [0, 0.05) is 6.54 Å². The Morgan fingerprint density at radius 2 is 2.35 bits per heavy atom. The summed E-state index contributed by atoms with van der Waals surface area (Å²) in [6.45, 7) is 1.97. The number of anilines is 1. The first-order valence-electron chi connectivity index (χ1n) is 4.90. The van der Waals surface area contributed by atoms with Crippen LogP contribution in [0.4, 0.5) is 10.6 Å². The second kappa shape index (κ2) is 6.00. The Kier molecular flexibility index (Phi) is 4.65. The normalized spacial score (nSPS) is 9.53. The van der Waals surface area contributed by atoms with Crippen LogP contribution in [0, 0.1) is 0 Å². The average molecular weight is 255 g/mol. The average Bonchev–Trinajstić information content (AvgIpc) is 2.30. The third-order valence-corrected chi connectivity index (χ3v) is 2.32. The Bertz CT molecular complexity index is 408. The summed E-state index contributed by atoms with van der Waals surface area (Å²) >= 11 is 4.96. The molecule has 0 unspecified atom stereocenters. The Morgan fingerprint density at radius 3 is 2.76 bits per heavy atom. The summed E-state index contributed by atoms with van der Waals surface area (Å²) in [5, 5.41) is 11.7. The molecule has 1 aromatic heterocycles. The van der Waals surface area contributed by atoms with Crippen molar-refractivity contribution in [3.63, 3.8) is 0 Å². The molecule has 92 valence electrons. The zero-order valence-corrected chi connectivity index (χ0v) is 10.3. The Hall–Kier alpha value is -1.89. The summed E-state index contributed by atoms with van der Waals surface area (Å²) in [7, 11) is 1.54. The van der Waals surface area contributed by atoms with Gasteiger partial charge in [-0.1, -0.05) is 0 Å². The molecule has 0 spiro atoms. The number of hydrogen-bond donors (Lipinski definition) is 2. The van der Waals surface area contributed by atoms with Gasteiger partial charge in [0.05, 0.1) is 13.3 Å². The van der Waals surface area contributed by atoms with Crippen LogP contribution in [0.25, 0.3) is 0 Å². The lowest BCUT2D eigenvalue weighted by Gasteiger charge is -2.18. The number of ether oxygens (including phenoxy) is 1. The molecular formula is C10H13N3O3S. The van der Waals surface area contributed by atoms with E-state index in [9.17, 15) is 4.79 Å². The summed E-state index contributed by atoms with van der Waals surface area (Å²) in [5.41, 5.74) is 0. The van der Waals surface area contributed by atoms with Gasteiger partial charge >= 0.3 is 6.09 Å². The highest BCUT2D eigenvalue weighted by atomic mass is 32.1. The molecule has 0 aromatic carbocycles. The second-order valence-electron chi connectivity index (χ2n) is 3.04. The zero-order chi connectivity index (χ0) is 12.8. The number of pyridine rings is 1. The van der Waals surface area contributed by atoms with Crippen LogP contribution in [0.15, 0.2) is 18.3 Å². The molecule has 0 atom stereocenters. The maximum atomic E-state index is 10.8. The van der Waals surface area contributed by atoms with Crippen molar-refractivity contribution in [2.45, 2.75) is 6.92 Å². The maximum absolute atomic E-state index is 10.8. The molecule has 0 aliphatic carbocycles. The van der Waals surface area contributed by atoms with Gasteiger partial charge in [-0.25, -0.2) is 9.78 Å². The number of methoxy groups -OCH3 is 1. The standard InChI is InChI=1S/C10H13N3O3S/c1-3-13(10(14)15)9(17)12-8-5-4-7(16-2)6-11-8/h4-6H,3H2,1-2H3,(H,14,15)(H,11,12,17). The maximum Gasteiger partial charge on any atom is 0.413 e. The van der Waals surface area contributed by atoms with Crippen molar-refractivity contribution in [2.75, 3.05) is 19.0 Å². The van der Waals surface area contributed by atoms with Gasteiger partial charge in [0.1, 0.15) is 11.6 Å². The Morgan fingerprint density at radius 1 is 1.65 bits per heavy atom. The van der Waals surface area contributed by atoms with E-state index in [4.69, 9.17) is 22.1 Å². The highest BCUT2D eigenvalue weighted by Gasteiger charge is 2.14. The highest BCUT2D eigenvalue weighted by Crippen LogP contribution is 2.11. The monoisotopic (exact) mass is 255 g/mol. The van der Waals surface area contributed by atoms with Crippen LogP contribution in [-0.2, 0) is 0 Å². The van der Waals surface area contributed by atoms with Crippen molar-refractivity contribution < 1.29 is 14.6 Å². The molecule has 0 fully saturated rings. The molecule has 17 heavy (non-hydrogen) atoms. The summed E-state index contributed by atoms with van der Waals surface area (Å²) in [6.07, 6.45) is 0.417. The fourth-order valence-electron chi connectivity index (χ4n) is 1.12. The molecular weight excluding hydrogens is 242 g/mol. The van der Waals surface area contributed by atoms with Crippen molar-refractivity contribution >= 4 is 29.2 Å². The van der Waals surface area contributed by atoms with Crippen LogP contribution in [0.2, 0.25) is 0 Å². The zero-order valence-electron chi connectivity index (χ0n) is 9.51. The molecule has 0 aliphatic heterocycles. The number of thiocarbonyl (C=S) groups is 1. The number of nitrogens with zero attached hydrogens (tertiary/aromatic N) is 2. The minimum atomic E-state index is -1.10. The topological polar surface area (TPSA) is 74.7 Å². The van der Waals surface area contributed by atoms with E-state index in [-0.39, 0.29) is 11.7 Å². The lowest BCUT2D eigenvalue weighted by atomic mass is 10.4. The first-order chi connectivity index (χ1) is 8.08. The minimum absolute atomic E-state index is 0.0951. The summed E-state index contributed by atoms with van der Waals surface area (Å²) in [6, 6.07) is 3.36. The summed E-state index contributed by atoms with van der Waals surface area (Å²) < 4.78 is 4.95. The van der Waals surface area contributed by atoms with Crippen LogP contribution in [0.3, 0.4) is 0 Å². The van der Waals surface area contributed by atoms with Gasteiger partial charge in [0.2, 0.25) is 0 Å². The largest absolute Gasteiger partial charge is 0.495 e. The number of carboxylic acid groups (broad SMARTS) is 1. The third-order valence-electron chi connectivity index (χ3n) is 2.00. The van der Waals surface area contributed by atoms with Gasteiger partial charge < -0.3 is 15.2 Å². The lowest BCUT2D eigenvalue weighted by Crippen LogP contribution is -2.38. The van der Waals surface area contributed by atoms with E-state index in [0.717, 1.165) is 4.90 Å². The Labute approximate surface area is 104 Å². The smallest absolute Gasteiger partial charge is 0.413 e. The quantitative estimate of drug-likeness (QED) is 0.802.